The molecule has 3 aromatic rings. The summed E-state index contributed by atoms with van der Waals surface area (Å²) in [5.74, 6) is 0.00172. The van der Waals surface area contributed by atoms with Crippen LogP contribution in [0.2, 0.25) is 0 Å². The number of nitrogens with zero attached hydrogens (tertiary/aromatic N) is 1. The molecule has 0 radical (unpaired) electrons. The summed E-state index contributed by atoms with van der Waals surface area (Å²) in [5, 5.41) is 2.93. The van der Waals surface area contributed by atoms with E-state index in [1.807, 2.05) is 36.4 Å². The van der Waals surface area contributed by atoms with Crippen LogP contribution in [0, 0.1) is 0 Å². The van der Waals surface area contributed by atoms with E-state index in [0.717, 1.165) is 28.6 Å². The van der Waals surface area contributed by atoms with Crippen molar-refractivity contribution in [1.82, 2.24) is 0 Å². The molecular weight excluding hydrogens is 408 g/mol. The molecule has 2 heterocycles. The van der Waals surface area contributed by atoms with Crippen molar-refractivity contribution in [2.75, 3.05) is 16.8 Å². The van der Waals surface area contributed by atoms with Gasteiger partial charge >= 0.3 is 0 Å². The first-order valence-corrected chi connectivity index (χ1v) is 9.47. The van der Waals surface area contributed by atoms with Gasteiger partial charge in [-0.25, -0.2) is 0 Å². The number of benzene rings is 2. The monoisotopic (exact) mass is 424 g/mol. The molecule has 1 aliphatic heterocycles. The molecule has 4 rings (SSSR count). The van der Waals surface area contributed by atoms with Crippen molar-refractivity contribution < 1.29 is 14.0 Å². The van der Waals surface area contributed by atoms with Gasteiger partial charge in [-0.05, 0) is 76.8 Å². The van der Waals surface area contributed by atoms with Gasteiger partial charge in [0, 0.05) is 22.4 Å². The molecule has 2 amide bonds. The predicted octanol–water partition coefficient (Wildman–Crippen LogP) is 4.89. The minimum absolute atomic E-state index is 0.147. The highest BCUT2D eigenvalue weighted by molar-refractivity contribution is 9.10. The quantitative estimate of drug-likeness (QED) is 0.650. The molecular formula is C21H17BrN2O3. The first-order valence-electron chi connectivity index (χ1n) is 8.67. The molecule has 2 aromatic carbocycles. The number of carbonyl (C=O) groups excluding carboxylic acids is 2. The van der Waals surface area contributed by atoms with Gasteiger partial charge in [0.2, 0.25) is 0 Å². The minimum atomic E-state index is -0.179. The van der Waals surface area contributed by atoms with Gasteiger partial charge in [-0.2, -0.15) is 0 Å². The molecule has 0 saturated carbocycles. The van der Waals surface area contributed by atoms with Gasteiger partial charge < -0.3 is 14.6 Å². The van der Waals surface area contributed by atoms with Crippen LogP contribution in [0.1, 0.15) is 32.9 Å². The Morgan fingerprint density at radius 3 is 2.70 bits per heavy atom. The van der Waals surface area contributed by atoms with E-state index in [1.165, 1.54) is 6.26 Å². The standard InChI is InChI=1S/C21H17BrN2O3/c22-17-7-2-1-6-16(17)20(25)23-15-9-10-18-14(13-15)5-3-11-24(18)21(26)19-8-4-12-27-19/h1-2,4,6-10,12-13H,3,5,11H2,(H,23,25). The summed E-state index contributed by atoms with van der Waals surface area (Å²) in [6, 6.07) is 16.3. The van der Waals surface area contributed by atoms with Crippen LogP contribution >= 0.6 is 15.9 Å². The average molecular weight is 425 g/mol. The van der Waals surface area contributed by atoms with Gasteiger partial charge in [-0.3, -0.25) is 9.59 Å². The summed E-state index contributed by atoms with van der Waals surface area (Å²) in [7, 11) is 0. The fraction of sp³-hybridized carbons (Fsp3) is 0.143. The number of aryl methyl sites for hydroxylation is 1. The Balaban J connectivity index is 1.57. The van der Waals surface area contributed by atoms with Crippen molar-refractivity contribution >= 4 is 39.1 Å². The second-order valence-electron chi connectivity index (χ2n) is 6.32. The summed E-state index contributed by atoms with van der Waals surface area (Å²) >= 11 is 3.40. The number of hydrogen-bond acceptors (Lipinski definition) is 3. The average Bonchev–Trinajstić information content (AvgIpc) is 3.22. The molecule has 0 atom stereocenters. The van der Waals surface area contributed by atoms with Crippen LogP contribution in [-0.2, 0) is 6.42 Å². The zero-order valence-corrected chi connectivity index (χ0v) is 16.0. The largest absolute Gasteiger partial charge is 0.459 e. The Bertz CT molecular complexity index is 998. The molecule has 5 nitrogen and oxygen atoms in total. The van der Waals surface area contributed by atoms with E-state index in [0.29, 0.717) is 23.6 Å². The van der Waals surface area contributed by atoms with E-state index in [4.69, 9.17) is 4.42 Å². The van der Waals surface area contributed by atoms with Gasteiger partial charge in [-0.1, -0.05) is 12.1 Å². The molecule has 0 aliphatic carbocycles. The Morgan fingerprint density at radius 1 is 1.07 bits per heavy atom. The number of rotatable bonds is 3. The number of hydrogen-bond donors (Lipinski definition) is 1. The third-order valence-corrected chi connectivity index (χ3v) is 5.24. The Kier molecular flexibility index (Phi) is 4.81. The molecule has 0 saturated heterocycles. The SMILES string of the molecule is O=C(Nc1ccc2c(c1)CCCN2C(=O)c1ccco1)c1ccccc1Br. The maximum atomic E-state index is 12.7. The number of fused-ring (bicyclic) bond motifs is 1. The maximum Gasteiger partial charge on any atom is 0.293 e. The molecule has 0 bridgehead atoms. The molecule has 1 aliphatic rings. The second kappa shape index (κ2) is 7.40. The fourth-order valence-corrected chi connectivity index (χ4v) is 3.73. The van der Waals surface area contributed by atoms with E-state index >= 15 is 0 Å². The lowest BCUT2D eigenvalue weighted by molar-refractivity contribution is 0.0957. The van der Waals surface area contributed by atoms with Crippen LogP contribution in [0.3, 0.4) is 0 Å². The molecule has 0 unspecified atom stereocenters. The lowest BCUT2D eigenvalue weighted by Gasteiger charge is -2.29. The highest BCUT2D eigenvalue weighted by Crippen LogP contribution is 2.31. The molecule has 0 spiro atoms. The third-order valence-electron chi connectivity index (χ3n) is 4.55. The molecule has 1 N–H and O–H groups in total. The molecule has 6 heteroatoms. The lowest BCUT2D eigenvalue weighted by atomic mass is 10.0. The number of nitrogens with one attached hydrogen (secondary N) is 1. The normalized spacial score (nSPS) is 13.1. The first-order chi connectivity index (χ1) is 13.1. The Hall–Kier alpha value is -2.86. The number of halogens is 1. The summed E-state index contributed by atoms with van der Waals surface area (Å²) in [6.45, 7) is 0.648. The smallest absolute Gasteiger partial charge is 0.293 e. The zero-order valence-electron chi connectivity index (χ0n) is 14.4. The summed E-state index contributed by atoms with van der Waals surface area (Å²) in [6.07, 6.45) is 3.22. The highest BCUT2D eigenvalue weighted by Gasteiger charge is 2.25. The van der Waals surface area contributed by atoms with Crippen LogP contribution in [0.5, 0.6) is 0 Å². The maximum absolute atomic E-state index is 12.7. The van der Waals surface area contributed by atoms with Crippen molar-refractivity contribution in [2.45, 2.75) is 12.8 Å². The third kappa shape index (κ3) is 3.53. The van der Waals surface area contributed by atoms with Crippen LogP contribution in [-0.4, -0.2) is 18.4 Å². The zero-order chi connectivity index (χ0) is 18.8. The van der Waals surface area contributed by atoms with Crippen molar-refractivity contribution in [3.05, 3.63) is 82.2 Å². The van der Waals surface area contributed by atoms with Crippen LogP contribution < -0.4 is 10.2 Å². The molecule has 27 heavy (non-hydrogen) atoms. The predicted molar refractivity (Wildman–Crippen MR) is 107 cm³/mol. The van der Waals surface area contributed by atoms with E-state index < -0.39 is 0 Å². The first kappa shape index (κ1) is 17.5. The van der Waals surface area contributed by atoms with E-state index in [2.05, 4.69) is 21.2 Å². The van der Waals surface area contributed by atoms with Gasteiger partial charge in [0.25, 0.3) is 11.8 Å². The molecule has 1 aromatic heterocycles. The number of anilines is 2. The lowest BCUT2D eigenvalue weighted by Crippen LogP contribution is -2.35. The van der Waals surface area contributed by atoms with Gasteiger partial charge in [0.15, 0.2) is 5.76 Å². The molecule has 136 valence electrons. The van der Waals surface area contributed by atoms with Crippen molar-refractivity contribution in [2.24, 2.45) is 0 Å². The van der Waals surface area contributed by atoms with Crippen LogP contribution in [0.15, 0.2) is 69.8 Å². The summed E-state index contributed by atoms with van der Waals surface area (Å²) in [5.41, 5.74) is 3.18. The van der Waals surface area contributed by atoms with Crippen molar-refractivity contribution in [1.29, 1.82) is 0 Å². The summed E-state index contributed by atoms with van der Waals surface area (Å²) < 4.78 is 5.99. The van der Waals surface area contributed by atoms with E-state index in [9.17, 15) is 9.59 Å². The van der Waals surface area contributed by atoms with E-state index in [-0.39, 0.29) is 11.8 Å². The van der Waals surface area contributed by atoms with Gasteiger partial charge in [0.05, 0.1) is 11.8 Å². The summed E-state index contributed by atoms with van der Waals surface area (Å²) in [4.78, 5) is 26.9. The highest BCUT2D eigenvalue weighted by atomic mass is 79.9. The van der Waals surface area contributed by atoms with Crippen LogP contribution in [0.4, 0.5) is 11.4 Å². The number of furan rings is 1. The Labute approximate surface area is 165 Å². The minimum Gasteiger partial charge on any atom is -0.459 e. The number of amides is 2. The molecule has 0 fully saturated rings. The van der Waals surface area contributed by atoms with Gasteiger partial charge in [0.1, 0.15) is 0 Å². The fourth-order valence-electron chi connectivity index (χ4n) is 3.26. The van der Waals surface area contributed by atoms with Crippen LogP contribution in [0.25, 0.3) is 0 Å². The van der Waals surface area contributed by atoms with Crippen molar-refractivity contribution in [3.63, 3.8) is 0 Å². The van der Waals surface area contributed by atoms with Crippen molar-refractivity contribution in [3.8, 4) is 0 Å². The second-order valence-corrected chi connectivity index (χ2v) is 7.17. The Morgan fingerprint density at radius 2 is 1.93 bits per heavy atom. The topological polar surface area (TPSA) is 62.6 Å². The van der Waals surface area contributed by atoms with E-state index in [1.54, 1.807) is 23.1 Å². The number of carbonyl (C=O) groups is 2. The van der Waals surface area contributed by atoms with Gasteiger partial charge in [-0.15, -0.1) is 0 Å².